The largest absolute Gasteiger partial charge is 0.467 e. The molecular formula is C23H32ClN3O5S. The molecule has 2 rings (SSSR count). The Morgan fingerprint density at radius 2 is 1.82 bits per heavy atom. The van der Waals surface area contributed by atoms with E-state index in [0.717, 1.165) is 0 Å². The number of sulfonamides is 1. The monoisotopic (exact) mass is 497 g/mol. The van der Waals surface area contributed by atoms with E-state index >= 15 is 0 Å². The summed E-state index contributed by atoms with van der Waals surface area (Å²) in [7, 11) is -3.94. The van der Waals surface area contributed by atoms with E-state index in [-0.39, 0.29) is 17.3 Å². The molecule has 1 aromatic heterocycles. The Hall–Kier alpha value is -2.36. The molecule has 0 aliphatic heterocycles. The van der Waals surface area contributed by atoms with Gasteiger partial charge in [0.05, 0.1) is 24.2 Å². The van der Waals surface area contributed by atoms with Gasteiger partial charge in [-0.2, -0.15) is 0 Å². The van der Waals surface area contributed by atoms with Crippen LogP contribution in [0.3, 0.4) is 0 Å². The number of benzene rings is 1. The maximum absolute atomic E-state index is 13.2. The van der Waals surface area contributed by atoms with Gasteiger partial charge in [0.2, 0.25) is 21.8 Å². The second-order valence-electron chi connectivity index (χ2n) is 8.41. The SMILES string of the molecule is CCCC(C(=O)NC(C)(C)CC)N(Cc1ccco1)C(=O)CNS(=O)(=O)c1ccc(Cl)cc1. The topological polar surface area (TPSA) is 109 Å². The van der Waals surface area contributed by atoms with Gasteiger partial charge in [-0.15, -0.1) is 0 Å². The zero-order valence-electron chi connectivity index (χ0n) is 19.4. The number of hydrogen-bond donors (Lipinski definition) is 2. The minimum absolute atomic E-state index is 0.00942. The number of carbonyl (C=O) groups excluding carboxylic acids is 2. The van der Waals surface area contributed by atoms with Gasteiger partial charge < -0.3 is 14.6 Å². The van der Waals surface area contributed by atoms with Crippen molar-refractivity contribution in [3.63, 3.8) is 0 Å². The van der Waals surface area contributed by atoms with Crippen molar-refractivity contribution in [2.45, 2.75) is 70.0 Å². The van der Waals surface area contributed by atoms with Crippen molar-refractivity contribution in [2.24, 2.45) is 0 Å². The second kappa shape index (κ2) is 11.7. The van der Waals surface area contributed by atoms with Crippen LogP contribution in [0.1, 0.15) is 52.7 Å². The molecule has 1 atom stereocenters. The van der Waals surface area contributed by atoms with Crippen LogP contribution in [0.25, 0.3) is 0 Å². The predicted octanol–water partition coefficient (Wildman–Crippen LogP) is 3.71. The van der Waals surface area contributed by atoms with Crippen LogP contribution in [0.15, 0.2) is 52.0 Å². The summed E-state index contributed by atoms with van der Waals surface area (Å²) in [6, 6.07) is 8.24. The smallest absolute Gasteiger partial charge is 0.243 e. The van der Waals surface area contributed by atoms with Crippen molar-refractivity contribution in [3.05, 3.63) is 53.4 Å². The first-order chi connectivity index (χ1) is 15.5. The molecule has 0 saturated heterocycles. The van der Waals surface area contributed by atoms with E-state index in [1.54, 1.807) is 12.1 Å². The molecule has 0 saturated carbocycles. The van der Waals surface area contributed by atoms with Crippen molar-refractivity contribution in [1.82, 2.24) is 14.9 Å². The molecule has 33 heavy (non-hydrogen) atoms. The second-order valence-corrected chi connectivity index (χ2v) is 10.6. The van der Waals surface area contributed by atoms with E-state index in [1.807, 2.05) is 27.7 Å². The third-order valence-electron chi connectivity index (χ3n) is 5.35. The molecule has 2 N–H and O–H groups in total. The molecule has 0 aliphatic rings. The van der Waals surface area contributed by atoms with Gasteiger partial charge >= 0.3 is 0 Å². The van der Waals surface area contributed by atoms with Crippen LogP contribution >= 0.6 is 11.6 Å². The average Bonchev–Trinajstić information content (AvgIpc) is 3.28. The van der Waals surface area contributed by atoms with Gasteiger partial charge in [-0.05, 0) is 63.1 Å². The fraction of sp³-hybridized carbons (Fsp3) is 0.478. The number of rotatable bonds is 12. The zero-order valence-corrected chi connectivity index (χ0v) is 21.0. The molecular weight excluding hydrogens is 466 g/mol. The highest BCUT2D eigenvalue weighted by atomic mass is 35.5. The van der Waals surface area contributed by atoms with E-state index < -0.39 is 34.1 Å². The summed E-state index contributed by atoms with van der Waals surface area (Å²) in [6.07, 6.45) is 3.27. The molecule has 2 aromatic rings. The summed E-state index contributed by atoms with van der Waals surface area (Å²) in [5, 5.41) is 3.40. The molecule has 1 aromatic carbocycles. The van der Waals surface area contributed by atoms with E-state index in [2.05, 4.69) is 10.0 Å². The zero-order chi connectivity index (χ0) is 24.6. The Morgan fingerprint density at radius 1 is 1.15 bits per heavy atom. The molecule has 0 aliphatic carbocycles. The molecule has 182 valence electrons. The van der Waals surface area contributed by atoms with Crippen LogP contribution < -0.4 is 10.0 Å². The summed E-state index contributed by atoms with van der Waals surface area (Å²) in [4.78, 5) is 27.7. The lowest BCUT2D eigenvalue weighted by Crippen LogP contribution is -2.55. The number of furan rings is 1. The average molecular weight is 498 g/mol. The highest BCUT2D eigenvalue weighted by Gasteiger charge is 2.33. The number of carbonyl (C=O) groups is 2. The molecule has 1 heterocycles. The Bertz CT molecular complexity index is 1020. The van der Waals surface area contributed by atoms with E-state index in [9.17, 15) is 18.0 Å². The number of halogens is 1. The van der Waals surface area contributed by atoms with Gasteiger partial charge in [0.15, 0.2) is 0 Å². The van der Waals surface area contributed by atoms with E-state index in [4.69, 9.17) is 16.0 Å². The van der Waals surface area contributed by atoms with Gasteiger partial charge in [-0.1, -0.05) is 31.9 Å². The number of amides is 2. The summed E-state index contributed by atoms with van der Waals surface area (Å²) < 4.78 is 33.0. The third-order valence-corrected chi connectivity index (χ3v) is 7.02. The lowest BCUT2D eigenvalue weighted by molar-refractivity contribution is -0.141. The summed E-state index contributed by atoms with van der Waals surface area (Å²) in [5.41, 5.74) is -0.446. The summed E-state index contributed by atoms with van der Waals surface area (Å²) >= 11 is 5.83. The fourth-order valence-corrected chi connectivity index (χ4v) is 4.21. The fourth-order valence-electron chi connectivity index (χ4n) is 3.11. The highest BCUT2D eigenvalue weighted by molar-refractivity contribution is 7.89. The van der Waals surface area contributed by atoms with Crippen LogP contribution in [-0.2, 0) is 26.2 Å². The Morgan fingerprint density at radius 3 is 2.36 bits per heavy atom. The third kappa shape index (κ3) is 7.87. The number of hydrogen-bond acceptors (Lipinski definition) is 5. The maximum atomic E-state index is 13.2. The molecule has 0 bridgehead atoms. The van der Waals surface area contributed by atoms with Gasteiger partial charge in [0.25, 0.3) is 0 Å². The summed E-state index contributed by atoms with van der Waals surface area (Å²) in [6.45, 7) is 7.24. The Labute approximate surface area is 200 Å². The Balaban J connectivity index is 2.25. The van der Waals surface area contributed by atoms with E-state index in [0.29, 0.717) is 30.0 Å². The van der Waals surface area contributed by atoms with Gasteiger partial charge in [-0.3, -0.25) is 9.59 Å². The van der Waals surface area contributed by atoms with Crippen LogP contribution in [0, 0.1) is 0 Å². The van der Waals surface area contributed by atoms with Crippen LogP contribution in [0.2, 0.25) is 5.02 Å². The normalized spacial score (nSPS) is 12.9. The van der Waals surface area contributed by atoms with Crippen molar-refractivity contribution < 1.29 is 22.4 Å². The van der Waals surface area contributed by atoms with Crippen LogP contribution in [-0.4, -0.2) is 43.3 Å². The van der Waals surface area contributed by atoms with Crippen molar-refractivity contribution in [3.8, 4) is 0 Å². The van der Waals surface area contributed by atoms with Gasteiger partial charge in [0, 0.05) is 10.6 Å². The van der Waals surface area contributed by atoms with Crippen LogP contribution in [0.5, 0.6) is 0 Å². The minimum Gasteiger partial charge on any atom is -0.467 e. The highest BCUT2D eigenvalue weighted by Crippen LogP contribution is 2.17. The summed E-state index contributed by atoms with van der Waals surface area (Å²) in [5.74, 6) is -0.330. The van der Waals surface area contributed by atoms with Crippen molar-refractivity contribution in [1.29, 1.82) is 0 Å². The maximum Gasteiger partial charge on any atom is 0.243 e. The predicted molar refractivity (Wildman–Crippen MR) is 127 cm³/mol. The molecule has 1 unspecified atom stereocenters. The van der Waals surface area contributed by atoms with Crippen molar-refractivity contribution >= 4 is 33.4 Å². The first-order valence-electron chi connectivity index (χ1n) is 10.9. The first kappa shape index (κ1) is 26.9. The number of nitrogens with zero attached hydrogens (tertiary/aromatic N) is 1. The standard InChI is InChI=1S/C23H32ClN3O5S/c1-5-8-20(22(29)26-23(3,4)6-2)27(16-18-9-7-14-32-18)21(28)15-25-33(30,31)19-12-10-17(24)11-13-19/h7,9-14,20,25H,5-6,8,15-16H2,1-4H3,(H,26,29). The quantitative estimate of drug-likeness (QED) is 0.464. The number of nitrogens with one attached hydrogen (secondary N) is 2. The van der Waals surface area contributed by atoms with E-state index in [1.165, 1.54) is 35.4 Å². The van der Waals surface area contributed by atoms with Crippen LogP contribution in [0.4, 0.5) is 0 Å². The van der Waals surface area contributed by atoms with Gasteiger partial charge in [-0.25, -0.2) is 13.1 Å². The minimum atomic E-state index is -3.94. The molecule has 8 nitrogen and oxygen atoms in total. The molecule has 0 fully saturated rings. The lowest BCUT2D eigenvalue weighted by Gasteiger charge is -2.34. The lowest BCUT2D eigenvalue weighted by atomic mass is 10.00. The van der Waals surface area contributed by atoms with Gasteiger partial charge in [0.1, 0.15) is 11.8 Å². The molecule has 2 amide bonds. The molecule has 10 heteroatoms. The van der Waals surface area contributed by atoms with Crippen molar-refractivity contribution in [2.75, 3.05) is 6.54 Å². The Kier molecular flexibility index (Phi) is 9.51. The molecule has 0 spiro atoms. The first-order valence-corrected chi connectivity index (χ1v) is 12.7. The molecule has 0 radical (unpaired) electrons.